The summed E-state index contributed by atoms with van der Waals surface area (Å²) in [5, 5.41) is 10.8. The van der Waals surface area contributed by atoms with Crippen molar-refractivity contribution in [2.45, 2.75) is 75.5 Å². The molecule has 0 unspecified atom stereocenters. The molecule has 1 aliphatic carbocycles. The lowest BCUT2D eigenvalue weighted by Gasteiger charge is -2.43. The van der Waals surface area contributed by atoms with E-state index in [2.05, 4.69) is 50.9 Å². The lowest BCUT2D eigenvalue weighted by molar-refractivity contribution is 0.150. The van der Waals surface area contributed by atoms with Crippen LogP contribution in [0.25, 0.3) is 16.3 Å². The third-order valence-electron chi connectivity index (χ3n) is 6.65. The van der Waals surface area contributed by atoms with Gasteiger partial charge in [-0.15, -0.1) is 10.2 Å². The third-order valence-corrected chi connectivity index (χ3v) is 9.18. The van der Waals surface area contributed by atoms with E-state index in [-0.39, 0.29) is 33.9 Å². The van der Waals surface area contributed by atoms with Crippen LogP contribution in [0.2, 0.25) is 0 Å². The lowest BCUT2D eigenvalue weighted by atomic mass is 10.0. The van der Waals surface area contributed by atoms with Crippen LogP contribution in [0.4, 0.5) is 14.5 Å². The van der Waals surface area contributed by atoms with Gasteiger partial charge in [-0.1, -0.05) is 11.3 Å². The van der Waals surface area contributed by atoms with Gasteiger partial charge in [-0.25, -0.2) is 26.9 Å². The average Bonchev–Trinajstić information content (AvgIpc) is 3.17. The molecule has 3 atom stereocenters. The Labute approximate surface area is 200 Å². The monoisotopic (exact) mass is 511 g/mol. The highest BCUT2D eigenvalue weighted by Crippen LogP contribution is 2.38. The Morgan fingerprint density at radius 1 is 1.26 bits per heavy atom. The molecule has 1 saturated heterocycles. The fourth-order valence-electron chi connectivity index (χ4n) is 4.37. The SMILES string of the molecule is C[C@@H]1N[C@@H](C)CN(c2cc(S(=O)(=O)NC3(C)CC3)cn3c(-c4nnc(C(F)F)s4)ncc23)[C@@H]1C. The van der Waals surface area contributed by atoms with E-state index < -0.39 is 27.0 Å². The maximum atomic E-state index is 13.3. The van der Waals surface area contributed by atoms with Crippen LogP contribution in [0.15, 0.2) is 23.4 Å². The normalized spacial score (nSPS) is 24.8. The first-order valence-corrected chi connectivity index (χ1v) is 13.5. The Hall–Kier alpha value is -2.22. The van der Waals surface area contributed by atoms with Crippen LogP contribution >= 0.6 is 11.3 Å². The first-order valence-electron chi connectivity index (χ1n) is 11.2. The van der Waals surface area contributed by atoms with Crippen molar-refractivity contribution >= 4 is 32.6 Å². The Balaban J connectivity index is 1.69. The number of alkyl halides is 2. The van der Waals surface area contributed by atoms with Crippen molar-refractivity contribution < 1.29 is 17.2 Å². The van der Waals surface area contributed by atoms with E-state index in [0.717, 1.165) is 24.2 Å². The maximum Gasteiger partial charge on any atom is 0.291 e. The van der Waals surface area contributed by atoms with Crippen molar-refractivity contribution in [3.05, 3.63) is 23.5 Å². The number of pyridine rings is 1. The molecule has 13 heteroatoms. The topological polar surface area (TPSA) is 105 Å². The second kappa shape index (κ2) is 8.18. The largest absolute Gasteiger partial charge is 0.364 e. The molecule has 3 aromatic rings. The first-order chi connectivity index (χ1) is 16.0. The number of fused-ring (bicyclic) bond motifs is 1. The minimum Gasteiger partial charge on any atom is -0.364 e. The molecular weight excluding hydrogens is 484 g/mol. The summed E-state index contributed by atoms with van der Waals surface area (Å²) in [5.74, 6) is 0.277. The van der Waals surface area contributed by atoms with E-state index in [1.807, 2.05) is 6.92 Å². The van der Waals surface area contributed by atoms with Gasteiger partial charge < -0.3 is 10.2 Å². The van der Waals surface area contributed by atoms with Crippen LogP contribution < -0.4 is 14.9 Å². The van der Waals surface area contributed by atoms with Gasteiger partial charge in [-0.2, -0.15) is 0 Å². The zero-order valence-electron chi connectivity index (χ0n) is 19.3. The van der Waals surface area contributed by atoms with Crippen LogP contribution in [0, 0.1) is 0 Å². The molecule has 34 heavy (non-hydrogen) atoms. The van der Waals surface area contributed by atoms with Gasteiger partial charge in [0.25, 0.3) is 6.43 Å². The maximum absolute atomic E-state index is 13.3. The van der Waals surface area contributed by atoms with Gasteiger partial charge >= 0.3 is 0 Å². The standard InChI is InChI=1S/C21H27F2N7O2S2/c1-11-9-29(13(3)12(2)25-11)15-7-14(34(31,32)28-21(4)5-6-21)10-30-16(15)8-24-18(30)20-27-26-19(33-20)17(22)23/h7-8,10-13,17,25,28H,5-6,9H2,1-4H3/t11-,12-,13+/m0/s1. The highest BCUT2D eigenvalue weighted by Gasteiger charge is 2.42. The first kappa shape index (κ1) is 23.5. The lowest BCUT2D eigenvalue weighted by Crippen LogP contribution is -2.59. The van der Waals surface area contributed by atoms with Gasteiger partial charge in [0, 0.05) is 36.4 Å². The van der Waals surface area contributed by atoms with Gasteiger partial charge in [-0.3, -0.25) is 4.40 Å². The molecule has 1 aliphatic heterocycles. The van der Waals surface area contributed by atoms with Crippen LogP contribution in [-0.4, -0.2) is 58.2 Å². The number of piperazine rings is 1. The van der Waals surface area contributed by atoms with E-state index in [1.165, 1.54) is 6.20 Å². The van der Waals surface area contributed by atoms with Crippen LogP contribution in [-0.2, 0) is 10.0 Å². The summed E-state index contributed by atoms with van der Waals surface area (Å²) in [5.41, 5.74) is 0.949. The summed E-state index contributed by atoms with van der Waals surface area (Å²) in [4.78, 5) is 6.70. The molecule has 1 saturated carbocycles. The van der Waals surface area contributed by atoms with Crippen molar-refractivity contribution in [2.75, 3.05) is 11.4 Å². The zero-order chi connectivity index (χ0) is 24.4. The molecule has 2 N–H and O–H groups in total. The van der Waals surface area contributed by atoms with Crippen LogP contribution in [0.5, 0.6) is 0 Å². The number of sulfonamides is 1. The molecule has 5 rings (SSSR count). The predicted molar refractivity (Wildman–Crippen MR) is 126 cm³/mol. The highest BCUT2D eigenvalue weighted by molar-refractivity contribution is 7.89. The second-order valence-electron chi connectivity index (χ2n) is 9.56. The number of hydrogen-bond acceptors (Lipinski definition) is 8. The molecule has 2 fully saturated rings. The number of aromatic nitrogens is 4. The van der Waals surface area contributed by atoms with Gasteiger partial charge in [0.05, 0.1) is 17.4 Å². The van der Waals surface area contributed by atoms with Gasteiger partial charge in [-0.05, 0) is 46.6 Å². The van der Waals surface area contributed by atoms with E-state index >= 15 is 0 Å². The fourth-order valence-corrected chi connectivity index (χ4v) is 6.54. The number of nitrogens with zero attached hydrogens (tertiary/aromatic N) is 5. The second-order valence-corrected chi connectivity index (χ2v) is 12.3. The highest BCUT2D eigenvalue weighted by atomic mass is 32.2. The minimum absolute atomic E-state index is 0.0807. The molecule has 0 aromatic carbocycles. The predicted octanol–water partition coefficient (Wildman–Crippen LogP) is 3.20. The van der Waals surface area contributed by atoms with Gasteiger partial charge in [0.15, 0.2) is 15.8 Å². The van der Waals surface area contributed by atoms with E-state index in [9.17, 15) is 17.2 Å². The number of anilines is 1. The van der Waals surface area contributed by atoms with Crippen molar-refractivity contribution in [3.8, 4) is 10.8 Å². The quantitative estimate of drug-likeness (QED) is 0.524. The summed E-state index contributed by atoms with van der Waals surface area (Å²) in [6.07, 6.45) is 1.94. The molecule has 0 radical (unpaired) electrons. The Morgan fingerprint density at radius 2 is 2.00 bits per heavy atom. The minimum atomic E-state index is -3.83. The summed E-state index contributed by atoms with van der Waals surface area (Å²) in [6.45, 7) is 8.81. The van der Waals surface area contributed by atoms with Gasteiger partial charge in [0.2, 0.25) is 10.0 Å². The van der Waals surface area contributed by atoms with Gasteiger partial charge in [0.1, 0.15) is 4.90 Å². The van der Waals surface area contributed by atoms with Crippen LogP contribution in [0.1, 0.15) is 52.0 Å². The number of hydrogen-bond donors (Lipinski definition) is 2. The van der Waals surface area contributed by atoms with Crippen LogP contribution in [0.3, 0.4) is 0 Å². The Bertz CT molecular complexity index is 1340. The Kier molecular flexibility index (Phi) is 5.66. The molecule has 9 nitrogen and oxygen atoms in total. The molecular formula is C21H27F2N7O2S2. The summed E-state index contributed by atoms with van der Waals surface area (Å²) < 4.78 is 57.4. The average molecular weight is 512 g/mol. The van der Waals surface area contributed by atoms with E-state index in [0.29, 0.717) is 17.7 Å². The fraction of sp³-hybridized carbons (Fsp3) is 0.571. The van der Waals surface area contributed by atoms with Crippen molar-refractivity contribution in [1.82, 2.24) is 29.6 Å². The number of halogens is 2. The molecule has 3 aromatic heterocycles. The molecule has 184 valence electrons. The summed E-state index contributed by atoms with van der Waals surface area (Å²) in [7, 11) is -3.83. The summed E-state index contributed by atoms with van der Waals surface area (Å²) in [6, 6.07) is 2.12. The molecule has 2 aliphatic rings. The Morgan fingerprint density at radius 3 is 2.65 bits per heavy atom. The van der Waals surface area contributed by atoms with Crippen molar-refractivity contribution in [3.63, 3.8) is 0 Å². The molecule has 0 bridgehead atoms. The zero-order valence-corrected chi connectivity index (χ0v) is 20.9. The van der Waals surface area contributed by atoms with E-state index in [1.54, 1.807) is 16.7 Å². The van der Waals surface area contributed by atoms with E-state index in [4.69, 9.17) is 0 Å². The number of nitrogens with one attached hydrogen (secondary N) is 2. The third kappa shape index (κ3) is 4.18. The molecule has 0 spiro atoms. The molecule has 0 amide bonds. The van der Waals surface area contributed by atoms with Crippen molar-refractivity contribution in [2.24, 2.45) is 0 Å². The number of rotatable bonds is 6. The molecule has 4 heterocycles. The summed E-state index contributed by atoms with van der Waals surface area (Å²) >= 11 is 0.745. The smallest absolute Gasteiger partial charge is 0.291 e. The number of imidazole rings is 1. The van der Waals surface area contributed by atoms with Crippen molar-refractivity contribution in [1.29, 1.82) is 0 Å².